The largest absolute Gasteiger partial charge is 0.340 e. The highest BCUT2D eigenvalue weighted by atomic mass is 15.1. The van der Waals surface area contributed by atoms with E-state index >= 15 is 0 Å². The molecule has 0 fully saturated rings. The van der Waals surface area contributed by atoms with Crippen molar-refractivity contribution in [3.63, 3.8) is 0 Å². The van der Waals surface area contributed by atoms with Gasteiger partial charge in [-0.1, -0.05) is 38.1 Å². The van der Waals surface area contributed by atoms with Gasteiger partial charge in [-0.2, -0.15) is 5.10 Å². The van der Waals surface area contributed by atoms with E-state index in [1.54, 1.807) is 6.33 Å². The molecular formula is C31H24N8. The Labute approximate surface area is 222 Å². The van der Waals surface area contributed by atoms with Crippen LogP contribution in [0, 0.1) is 6.92 Å². The minimum absolute atomic E-state index is 0.339. The van der Waals surface area contributed by atoms with Crippen LogP contribution in [0.5, 0.6) is 0 Å². The van der Waals surface area contributed by atoms with Gasteiger partial charge in [0.15, 0.2) is 0 Å². The number of hydrogen-bond donors (Lipinski definition) is 2. The third-order valence-corrected chi connectivity index (χ3v) is 8.01. The van der Waals surface area contributed by atoms with Crippen molar-refractivity contribution in [2.75, 3.05) is 0 Å². The van der Waals surface area contributed by atoms with Crippen LogP contribution in [0.1, 0.15) is 37.8 Å². The summed E-state index contributed by atoms with van der Waals surface area (Å²) in [5.41, 5.74) is 6.86. The van der Waals surface area contributed by atoms with Crippen LogP contribution >= 0.6 is 0 Å². The zero-order valence-corrected chi connectivity index (χ0v) is 21.7. The van der Waals surface area contributed by atoms with Gasteiger partial charge in [-0.3, -0.25) is 5.10 Å². The number of aromatic nitrogens is 8. The predicted molar refractivity (Wildman–Crippen MR) is 156 cm³/mol. The van der Waals surface area contributed by atoms with Crippen molar-refractivity contribution in [1.29, 1.82) is 0 Å². The number of benzene rings is 4. The summed E-state index contributed by atoms with van der Waals surface area (Å²) in [6.45, 7) is 6.31. The number of H-pyrrole nitrogens is 2. The van der Waals surface area contributed by atoms with Gasteiger partial charge < -0.3 is 4.98 Å². The van der Waals surface area contributed by atoms with Gasteiger partial charge in [0.2, 0.25) is 0 Å². The van der Waals surface area contributed by atoms with Crippen molar-refractivity contribution >= 4 is 65.3 Å². The molecule has 0 aliphatic carbocycles. The summed E-state index contributed by atoms with van der Waals surface area (Å²) in [6, 6.07) is 13.1. The van der Waals surface area contributed by atoms with E-state index in [0.717, 1.165) is 94.5 Å². The summed E-state index contributed by atoms with van der Waals surface area (Å²) in [4.78, 5) is 27.1. The molecule has 0 spiro atoms. The molecule has 1 atom stereocenters. The second-order valence-electron chi connectivity index (χ2n) is 10.3. The lowest BCUT2D eigenvalue weighted by molar-refractivity contribution is 0.692. The first-order valence-electron chi connectivity index (χ1n) is 13.2. The number of rotatable bonds is 3. The fourth-order valence-electron chi connectivity index (χ4n) is 5.81. The fourth-order valence-corrected chi connectivity index (χ4v) is 5.81. The van der Waals surface area contributed by atoms with E-state index in [1.165, 1.54) is 0 Å². The van der Waals surface area contributed by atoms with Gasteiger partial charge >= 0.3 is 0 Å². The Morgan fingerprint density at radius 3 is 2.21 bits per heavy atom. The molecule has 8 nitrogen and oxygen atoms in total. The van der Waals surface area contributed by atoms with Crippen LogP contribution in [-0.2, 0) is 0 Å². The van der Waals surface area contributed by atoms with Crippen LogP contribution < -0.4 is 0 Å². The Balaban J connectivity index is 1.41. The van der Waals surface area contributed by atoms with E-state index in [-0.39, 0.29) is 0 Å². The lowest BCUT2D eigenvalue weighted by atomic mass is 9.95. The minimum atomic E-state index is 0.339. The van der Waals surface area contributed by atoms with E-state index in [2.05, 4.69) is 75.4 Å². The van der Waals surface area contributed by atoms with Gasteiger partial charge in [-0.15, -0.1) is 0 Å². The lowest BCUT2D eigenvalue weighted by Gasteiger charge is -2.10. The third-order valence-electron chi connectivity index (χ3n) is 8.01. The highest BCUT2D eigenvalue weighted by Crippen LogP contribution is 2.38. The smallest absolute Gasteiger partial charge is 0.126 e. The maximum atomic E-state index is 5.03. The van der Waals surface area contributed by atoms with Crippen LogP contribution in [0.4, 0.5) is 0 Å². The van der Waals surface area contributed by atoms with E-state index in [0.29, 0.717) is 5.92 Å². The monoisotopic (exact) mass is 508 g/mol. The molecule has 8 heteroatoms. The number of nitrogens with zero attached hydrogens (tertiary/aromatic N) is 6. The zero-order valence-electron chi connectivity index (χ0n) is 21.7. The number of fused-ring (bicyclic) bond motifs is 12. The summed E-state index contributed by atoms with van der Waals surface area (Å²) < 4.78 is 0. The average Bonchev–Trinajstić information content (AvgIpc) is 3.61. The van der Waals surface area contributed by atoms with Gasteiger partial charge in [-0.05, 0) is 47.4 Å². The Kier molecular flexibility index (Phi) is 4.53. The Morgan fingerprint density at radius 1 is 0.744 bits per heavy atom. The molecule has 4 aromatic heterocycles. The van der Waals surface area contributed by atoms with Crippen LogP contribution in [0.15, 0.2) is 61.3 Å². The molecule has 188 valence electrons. The number of imidazole rings is 2. The van der Waals surface area contributed by atoms with Gasteiger partial charge in [0, 0.05) is 45.2 Å². The van der Waals surface area contributed by atoms with Crippen molar-refractivity contribution in [2.24, 2.45) is 0 Å². The maximum absolute atomic E-state index is 5.03. The molecule has 39 heavy (non-hydrogen) atoms. The van der Waals surface area contributed by atoms with E-state index in [1.807, 2.05) is 25.5 Å². The third kappa shape index (κ3) is 3.11. The first kappa shape index (κ1) is 22.0. The number of nitrogens with one attached hydrogen (secondary N) is 2. The Bertz CT molecular complexity index is 2260. The summed E-state index contributed by atoms with van der Waals surface area (Å²) >= 11 is 0. The molecule has 0 aliphatic heterocycles. The standard InChI is InChI=1S/C31H24N8/c1-4-15(2)31-38-28-20-8-6-18(10-22(20)24-11-32-14-33-26(24)30(28)39-31)17-5-7-19-21(9-17)23-12-34-35-13-25(23)29-27(19)36-16(3)37-29/h5-15,34H,4H2,1-3H3,(H,38,39). The first-order chi connectivity index (χ1) is 19.1. The van der Waals surface area contributed by atoms with Crippen LogP contribution in [0.2, 0.25) is 0 Å². The Morgan fingerprint density at radius 2 is 1.44 bits per heavy atom. The van der Waals surface area contributed by atoms with Gasteiger partial charge in [0.1, 0.15) is 23.5 Å². The SMILES string of the molecule is CCC(C)c1nc2c3ccc(-c4ccc5c(c4)c4c[nH]ncc4c4nc(C)nc54)cc3c3cncnc3c2[nH]1. The molecule has 0 amide bonds. The van der Waals surface area contributed by atoms with E-state index in [4.69, 9.17) is 15.0 Å². The molecule has 0 saturated heterocycles. The van der Waals surface area contributed by atoms with Crippen molar-refractivity contribution < 1.29 is 0 Å². The Hall–Kier alpha value is -4.98. The summed E-state index contributed by atoms with van der Waals surface area (Å²) in [5, 5.41) is 14.7. The van der Waals surface area contributed by atoms with E-state index < -0.39 is 0 Å². The molecule has 8 aromatic rings. The molecule has 8 rings (SSSR count). The second kappa shape index (κ2) is 8.01. The highest BCUT2D eigenvalue weighted by molar-refractivity contribution is 6.24. The minimum Gasteiger partial charge on any atom is -0.340 e. The molecule has 0 radical (unpaired) electrons. The van der Waals surface area contributed by atoms with Crippen molar-refractivity contribution in [3.05, 3.63) is 73.0 Å². The fraction of sp³-hybridized carbons (Fsp3) is 0.161. The summed E-state index contributed by atoms with van der Waals surface area (Å²) in [7, 11) is 0. The molecule has 4 aromatic carbocycles. The second-order valence-corrected chi connectivity index (χ2v) is 10.3. The topological polar surface area (TPSA) is 109 Å². The number of aryl methyl sites for hydroxylation is 1. The predicted octanol–water partition coefficient (Wildman–Crippen LogP) is 7.12. The van der Waals surface area contributed by atoms with Crippen molar-refractivity contribution in [3.8, 4) is 11.1 Å². The van der Waals surface area contributed by atoms with Crippen LogP contribution in [-0.4, -0.2) is 40.1 Å². The van der Waals surface area contributed by atoms with Gasteiger partial charge in [0.25, 0.3) is 0 Å². The van der Waals surface area contributed by atoms with Crippen molar-refractivity contribution in [1.82, 2.24) is 40.1 Å². The normalized spacial score (nSPS) is 13.0. The highest BCUT2D eigenvalue weighted by Gasteiger charge is 2.18. The molecule has 2 N–H and O–H groups in total. The molecular weight excluding hydrogens is 484 g/mol. The summed E-state index contributed by atoms with van der Waals surface area (Å²) in [5.74, 6) is 2.10. The van der Waals surface area contributed by atoms with Crippen molar-refractivity contribution in [2.45, 2.75) is 33.1 Å². The quantitative estimate of drug-likeness (QED) is 0.246. The van der Waals surface area contributed by atoms with Gasteiger partial charge in [0.05, 0.1) is 28.3 Å². The van der Waals surface area contributed by atoms with Crippen LogP contribution in [0.25, 0.3) is 76.4 Å². The first-order valence-corrected chi connectivity index (χ1v) is 13.2. The number of hydrogen-bond acceptors (Lipinski definition) is 6. The average molecular weight is 509 g/mol. The maximum Gasteiger partial charge on any atom is 0.126 e. The van der Waals surface area contributed by atoms with E-state index in [9.17, 15) is 0 Å². The molecule has 0 aliphatic rings. The van der Waals surface area contributed by atoms with Gasteiger partial charge in [-0.25, -0.2) is 24.9 Å². The molecule has 0 saturated carbocycles. The van der Waals surface area contributed by atoms with Crippen LogP contribution in [0.3, 0.4) is 0 Å². The molecule has 0 bridgehead atoms. The molecule has 1 unspecified atom stereocenters. The zero-order chi connectivity index (χ0) is 26.2. The number of aromatic amines is 2. The lowest BCUT2D eigenvalue weighted by Crippen LogP contribution is -1.93. The summed E-state index contributed by atoms with van der Waals surface area (Å²) in [6.07, 6.45) is 8.31. The molecule has 4 heterocycles.